The Hall–Kier alpha value is -1.90. The second kappa shape index (κ2) is 7.21. The highest BCUT2D eigenvalue weighted by atomic mass is 32.2. The molecule has 116 valence electrons. The highest BCUT2D eigenvalue weighted by molar-refractivity contribution is 7.86. The molecule has 0 saturated heterocycles. The number of hydrogen-bond donors (Lipinski definition) is 2. The highest BCUT2D eigenvalue weighted by Gasteiger charge is 2.30. The van der Waals surface area contributed by atoms with Crippen LogP contribution in [0.4, 0.5) is 13.2 Å². The summed E-state index contributed by atoms with van der Waals surface area (Å²) in [5, 5.41) is 10.7. The molecule has 2 N–H and O–H groups in total. The van der Waals surface area contributed by atoms with Gasteiger partial charge < -0.3 is 10.4 Å². The third kappa shape index (κ3) is 6.39. The molecule has 0 aliphatic heterocycles. The normalized spacial score (nSPS) is 12.7. The molecule has 0 aromatic heterocycles. The van der Waals surface area contributed by atoms with Crippen molar-refractivity contribution in [3.05, 3.63) is 35.4 Å². The fourth-order valence-electron chi connectivity index (χ4n) is 1.44. The van der Waals surface area contributed by atoms with Gasteiger partial charge in [-0.25, -0.2) is 0 Å². The summed E-state index contributed by atoms with van der Waals surface area (Å²) in [5.41, 5.74) is -0.592. The zero-order valence-corrected chi connectivity index (χ0v) is 11.5. The Labute approximate surface area is 120 Å². The number of carbonyl (C=O) groups excluding carboxylic acids is 1. The van der Waals surface area contributed by atoms with Gasteiger partial charge >= 0.3 is 12.1 Å². The monoisotopic (exact) mass is 323 g/mol. The summed E-state index contributed by atoms with van der Waals surface area (Å²) in [6.45, 7) is -0.160. The van der Waals surface area contributed by atoms with E-state index in [9.17, 15) is 27.0 Å². The van der Waals surface area contributed by atoms with Crippen LogP contribution in [0.25, 0.3) is 0 Å². The zero-order valence-electron chi connectivity index (χ0n) is 10.6. The summed E-state index contributed by atoms with van der Waals surface area (Å²) >= 11 is 0. The van der Waals surface area contributed by atoms with Crippen molar-refractivity contribution in [3.63, 3.8) is 0 Å². The number of nitrogens with one attached hydrogen (secondary N) is 1. The first kappa shape index (κ1) is 17.2. The number of alkyl halides is 3. The van der Waals surface area contributed by atoms with Crippen LogP contribution in [0.1, 0.15) is 11.1 Å². The van der Waals surface area contributed by atoms with Crippen molar-refractivity contribution in [2.75, 3.05) is 11.5 Å². The standard InChI is InChI=1S/C12H12F3NO4S/c13-12(14,15)9-3-1-2-8(4-9)5-16-10(17)6-21(20)7-11(18)19/h1-4H,5-7H2,(H,16,17)(H,18,19)/t21-/m0/s1. The number of carboxylic acid groups (broad SMARTS) is 1. The molecule has 1 rings (SSSR count). The quantitative estimate of drug-likeness (QED) is 0.823. The van der Waals surface area contributed by atoms with Gasteiger partial charge in [0.15, 0.2) is 0 Å². The molecule has 1 aromatic carbocycles. The molecule has 21 heavy (non-hydrogen) atoms. The molecule has 0 spiro atoms. The Morgan fingerprint density at radius 2 is 1.90 bits per heavy atom. The van der Waals surface area contributed by atoms with E-state index in [1.54, 1.807) is 0 Å². The third-order valence-electron chi connectivity index (χ3n) is 2.32. The van der Waals surface area contributed by atoms with E-state index in [2.05, 4.69) is 5.32 Å². The lowest BCUT2D eigenvalue weighted by Crippen LogP contribution is -2.29. The van der Waals surface area contributed by atoms with Gasteiger partial charge in [-0.15, -0.1) is 0 Å². The molecule has 1 atom stereocenters. The van der Waals surface area contributed by atoms with E-state index in [1.807, 2.05) is 0 Å². The molecule has 0 unspecified atom stereocenters. The number of aliphatic carboxylic acids is 1. The molecule has 1 amide bonds. The van der Waals surface area contributed by atoms with Crippen LogP contribution in [0.15, 0.2) is 24.3 Å². The molecule has 0 aliphatic rings. The molecule has 9 heteroatoms. The van der Waals surface area contributed by atoms with Gasteiger partial charge in [0, 0.05) is 17.3 Å². The van der Waals surface area contributed by atoms with Gasteiger partial charge in [0.05, 0.1) is 5.56 Å². The smallest absolute Gasteiger partial charge is 0.416 e. The van der Waals surface area contributed by atoms with Crippen LogP contribution in [0, 0.1) is 0 Å². The Balaban J connectivity index is 2.54. The van der Waals surface area contributed by atoms with Crippen LogP contribution in [0.5, 0.6) is 0 Å². The number of halogens is 3. The minimum atomic E-state index is -4.47. The zero-order chi connectivity index (χ0) is 16.0. The first-order chi connectivity index (χ1) is 9.68. The summed E-state index contributed by atoms with van der Waals surface area (Å²) in [6, 6.07) is 4.43. The van der Waals surface area contributed by atoms with Gasteiger partial charge in [0.25, 0.3) is 0 Å². The molecule has 0 radical (unpaired) electrons. The number of amides is 1. The van der Waals surface area contributed by atoms with Crippen LogP contribution < -0.4 is 5.32 Å². The first-order valence-corrected chi connectivity index (χ1v) is 7.17. The summed E-state index contributed by atoms with van der Waals surface area (Å²) in [7, 11) is -1.85. The molecule has 0 heterocycles. The second-order valence-electron chi connectivity index (χ2n) is 4.10. The number of rotatable bonds is 6. The summed E-state index contributed by atoms with van der Waals surface area (Å²) in [5.74, 6) is -3.14. The van der Waals surface area contributed by atoms with E-state index in [4.69, 9.17) is 5.11 Å². The van der Waals surface area contributed by atoms with E-state index < -0.39 is 45.9 Å². The van der Waals surface area contributed by atoms with Crippen molar-refractivity contribution in [1.29, 1.82) is 0 Å². The summed E-state index contributed by atoms with van der Waals surface area (Å²) in [4.78, 5) is 21.6. The van der Waals surface area contributed by atoms with Gasteiger partial charge in [-0.3, -0.25) is 13.8 Å². The molecular formula is C12H12F3NO4S. The van der Waals surface area contributed by atoms with Crippen LogP contribution in [0.2, 0.25) is 0 Å². The highest BCUT2D eigenvalue weighted by Crippen LogP contribution is 2.29. The molecule has 0 aliphatic carbocycles. The van der Waals surface area contributed by atoms with E-state index >= 15 is 0 Å². The Morgan fingerprint density at radius 3 is 2.48 bits per heavy atom. The maximum absolute atomic E-state index is 12.5. The van der Waals surface area contributed by atoms with Gasteiger partial charge in [0.1, 0.15) is 11.5 Å². The van der Waals surface area contributed by atoms with Crippen LogP contribution in [0.3, 0.4) is 0 Å². The molecule has 0 bridgehead atoms. The third-order valence-corrected chi connectivity index (χ3v) is 3.47. The van der Waals surface area contributed by atoms with E-state index in [0.29, 0.717) is 0 Å². The number of carbonyl (C=O) groups is 2. The van der Waals surface area contributed by atoms with Gasteiger partial charge in [-0.1, -0.05) is 12.1 Å². The van der Waals surface area contributed by atoms with Gasteiger partial charge in [0.2, 0.25) is 5.91 Å². The van der Waals surface area contributed by atoms with Crippen molar-refractivity contribution in [2.24, 2.45) is 0 Å². The predicted molar refractivity (Wildman–Crippen MR) is 68.8 cm³/mol. The topological polar surface area (TPSA) is 83.5 Å². The van der Waals surface area contributed by atoms with Crippen molar-refractivity contribution < 1.29 is 32.1 Å². The summed E-state index contributed by atoms with van der Waals surface area (Å²) < 4.78 is 48.6. The van der Waals surface area contributed by atoms with Crippen LogP contribution in [-0.2, 0) is 33.1 Å². The van der Waals surface area contributed by atoms with E-state index in [0.717, 1.165) is 12.1 Å². The fraction of sp³-hybridized carbons (Fsp3) is 0.333. The summed E-state index contributed by atoms with van der Waals surface area (Å²) in [6.07, 6.45) is -4.47. The molecule has 1 aromatic rings. The number of benzene rings is 1. The maximum Gasteiger partial charge on any atom is 0.416 e. The Bertz CT molecular complexity index is 560. The van der Waals surface area contributed by atoms with Crippen LogP contribution >= 0.6 is 0 Å². The lowest BCUT2D eigenvalue weighted by molar-refractivity contribution is -0.137. The van der Waals surface area contributed by atoms with Crippen molar-refractivity contribution >= 4 is 22.7 Å². The molecule has 5 nitrogen and oxygen atoms in total. The lowest BCUT2D eigenvalue weighted by atomic mass is 10.1. The Morgan fingerprint density at radius 1 is 1.24 bits per heavy atom. The van der Waals surface area contributed by atoms with Gasteiger partial charge in [-0.2, -0.15) is 13.2 Å². The van der Waals surface area contributed by atoms with Crippen molar-refractivity contribution in [1.82, 2.24) is 5.32 Å². The molecular weight excluding hydrogens is 311 g/mol. The SMILES string of the molecule is O=C(O)C[S@@](=O)CC(=O)NCc1cccc(C(F)(F)F)c1. The maximum atomic E-state index is 12.5. The molecule has 0 saturated carbocycles. The minimum absolute atomic E-state index is 0.160. The Kier molecular flexibility index (Phi) is 5.89. The lowest BCUT2D eigenvalue weighted by Gasteiger charge is -2.09. The first-order valence-electron chi connectivity index (χ1n) is 5.68. The fourth-order valence-corrected chi connectivity index (χ4v) is 2.22. The van der Waals surface area contributed by atoms with Crippen molar-refractivity contribution in [3.8, 4) is 0 Å². The van der Waals surface area contributed by atoms with E-state index in [1.165, 1.54) is 12.1 Å². The van der Waals surface area contributed by atoms with Gasteiger partial charge in [-0.05, 0) is 17.7 Å². The van der Waals surface area contributed by atoms with Crippen LogP contribution in [-0.4, -0.2) is 32.7 Å². The van der Waals surface area contributed by atoms with E-state index in [-0.39, 0.29) is 12.1 Å². The largest absolute Gasteiger partial charge is 0.481 e. The second-order valence-corrected chi connectivity index (χ2v) is 5.55. The predicted octanol–water partition coefficient (Wildman–Crippen LogP) is 1.15. The van der Waals surface area contributed by atoms with Crippen molar-refractivity contribution in [2.45, 2.75) is 12.7 Å². The average Bonchev–Trinajstić information content (AvgIpc) is 2.34. The number of carboxylic acids is 1. The number of hydrogen-bond acceptors (Lipinski definition) is 3. The molecule has 0 fully saturated rings. The average molecular weight is 323 g/mol. The minimum Gasteiger partial charge on any atom is -0.481 e.